The van der Waals surface area contributed by atoms with Crippen molar-refractivity contribution in [1.29, 1.82) is 0 Å². The first-order valence-electron chi connectivity index (χ1n) is 6.08. The van der Waals surface area contributed by atoms with Crippen LogP contribution in [0.3, 0.4) is 0 Å². The molecule has 0 aromatic carbocycles. The van der Waals surface area contributed by atoms with E-state index in [1.165, 1.54) is 0 Å². The van der Waals surface area contributed by atoms with E-state index in [0.717, 1.165) is 0 Å². The molecule has 1 aromatic heterocycles. The van der Waals surface area contributed by atoms with Crippen LogP contribution in [0.15, 0.2) is 18.7 Å². The van der Waals surface area contributed by atoms with E-state index in [1.807, 2.05) is 30.0 Å². The van der Waals surface area contributed by atoms with Crippen molar-refractivity contribution in [3.63, 3.8) is 0 Å². The minimum absolute atomic E-state index is 0.0741. The predicted molar refractivity (Wildman–Crippen MR) is 72.9 cm³/mol. The van der Waals surface area contributed by atoms with Crippen molar-refractivity contribution in [3.8, 4) is 0 Å². The number of imidazole rings is 1. The van der Waals surface area contributed by atoms with Gasteiger partial charge in [0.05, 0.1) is 0 Å². The Balaban J connectivity index is 2.92. The molecule has 0 spiro atoms. The van der Waals surface area contributed by atoms with Crippen molar-refractivity contribution in [3.05, 3.63) is 18.7 Å². The molecule has 4 heteroatoms. The van der Waals surface area contributed by atoms with Crippen LogP contribution in [0, 0.1) is 0 Å². The van der Waals surface area contributed by atoms with Crippen LogP contribution < -0.4 is 4.57 Å². The summed E-state index contributed by atoms with van der Waals surface area (Å²) in [5.74, 6) is 0. The Labute approximate surface area is 105 Å². The Bertz CT molecular complexity index is 435. The van der Waals surface area contributed by atoms with Gasteiger partial charge < -0.3 is 4.57 Å². The highest BCUT2D eigenvalue weighted by atomic mass is 31.2. The monoisotopic (exact) mass is 257 g/mol. The maximum atomic E-state index is 12.6. The molecule has 1 unspecified atom stereocenters. The van der Waals surface area contributed by atoms with Crippen molar-refractivity contribution in [2.75, 3.05) is 6.66 Å². The van der Waals surface area contributed by atoms with Crippen LogP contribution in [0.5, 0.6) is 0 Å². The molecular formula is C13H26N2OP+. The molecule has 1 aromatic rings. The number of rotatable bonds is 2. The highest BCUT2D eigenvalue weighted by Gasteiger charge is 2.34. The Kier molecular flexibility index (Phi) is 3.65. The largest absolute Gasteiger partial charge is 0.319 e. The SMILES string of the molecule is CC(C)(C)[n+]1ccn(CP(C)(=O)C(C)(C)C)c1. The second-order valence-electron chi connectivity index (χ2n) is 6.92. The maximum Gasteiger partial charge on any atom is 0.244 e. The standard InChI is InChI=1S/C13H26N2OP/c1-12(2,3)15-9-8-14(10-15)11-17(7,16)13(4,5)6/h8-10H,11H2,1-7H3/q+1. The summed E-state index contributed by atoms with van der Waals surface area (Å²) in [6.07, 6.45) is 6.71. The third kappa shape index (κ3) is 3.45. The molecule has 1 atom stereocenters. The molecule has 0 N–H and O–H groups in total. The highest BCUT2D eigenvalue weighted by Crippen LogP contribution is 2.55. The summed E-state index contributed by atoms with van der Waals surface area (Å²) in [6.45, 7) is 14.5. The molecule has 0 aliphatic rings. The number of hydrogen-bond donors (Lipinski definition) is 0. The molecule has 0 amide bonds. The van der Waals surface area contributed by atoms with Gasteiger partial charge in [-0.05, 0) is 27.4 Å². The van der Waals surface area contributed by atoms with Gasteiger partial charge in [-0.25, -0.2) is 9.13 Å². The Morgan fingerprint density at radius 1 is 1.18 bits per heavy atom. The van der Waals surface area contributed by atoms with Crippen LogP contribution in [0.1, 0.15) is 41.5 Å². The minimum atomic E-state index is -2.19. The molecule has 0 saturated heterocycles. The lowest BCUT2D eigenvalue weighted by atomic mass is 10.1. The van der Waals surface area contributed by atoms with Gasteiger partial charge in [0.25, 0.3) is 0 Å². The van der Waals surface area contributed by atoms with Gasteiger partial charge in [0.15, 0.2) is 0 Å². The normalized spacial score (nSPS) is 16.9. The second-order valence-corrected chi connectivity index (χ2v) is 10.7. The summed E-state index contributed by atoms with van der Waals surface area (Å²) in [6, 6.07) is 0. The molecule has 3 nitrogen and oxygen atoms in total. The summed E-state index contributed by atoms with van der Waals surface area (Å²) >= 11 is 0. The van der Waals surface area contributed by atoms with E-state index in [1.54, 1.807) is 0 Å². The zero-order valence-corrected chi connectivity index (χ0v) is 13.1. The summed E-state index contributed by atoms with van der Waals surface area (Å²) in [5.41, 5.74) is 0.0741. The number of hydrogen-bond acceptors (Lipinski definition) is 1. The van der Waals surface area contributed by atoms with Crippen LogP contribution in [-0.2, 0) is 16.4 Å². The Morgan fingerprint density at radius 3 is 2.06 bits per heavy atom. The molecule has 98 valence electrons. The van der Waals surface area contributed by atoms with E-state index < -0.39 is 7.14 Å². The zero-order valence-electron chi connectivity index (χ0n) is 12.2. The molecule has 0 saturated carbocycles. The zero-order chi connectivity index (χ0) is 13.5. The number of aromatic nitrogens is 2. The van der Waals surface area contributed by atoms with E-state index in [0.29, 0.717) is 6.29 Å². The first kappa shape index (κ1) is 14.5. The van der Waals surface area contributed by atoms with Gasteiger partial charge in [0, 0.05) is 5.16 Å². The fourth-order valence-electron chi connectivity index (χ4n) is 1.40. The van der Waals surface area contributed by atoms with Gasteiger partial charge in [-0.2, -0.15) is 0 Å². The van der Waals surface area contributed by atoms with Crippen LogP contribution in [0.2, 0.25) is 0 Å². The predicted octanol–water partition coefficient (Wildman–Crippen LogP) is 3.28. The van der Waals surface area contributed by atoms with Gasteiger partial charge in [0.1, 0.15) is 31.4 Å². The van der Waals surface area contributed by atoms with Gasteiger partial charge in [0.2, 0.25) is 6.33 Å². The highest BCUT2D eigenvalue weighted by molar-refractivity contribution is 7.63. The minimum Gasteiger partial charge on any atom is -0.319 e. The third-order valence-corrected chi connectivity index (χ3v) is 7.02. The molecule has 17 heavy (non-hydrogen) atoms. The lowest BCUT2D eigenvalue weighted by Gasteiger charge is -2.26. The molecular weight excluding hydrogens is 231 g/mol. The lowest BCUT2D eigenvalue weighted by Crippen LogP contribution is -2.48. The van der Waals surface area contributed by atoms with E-state index >= 15 is 0 Å². The van der Waals surface area contributed by atoms with E-state index in [4.69, 9.17) is 0 Å². The topological polar surface area (TPSA) is 25.9 Å². The molecule has 1 rings (SSSR count). The van der Waals surface area contributed by atoms with Crippen molar-refractivity contribution >= 4 is 7.14 Å². The van der Waals surface area contributed by atoms with Gasteiger partial charge in [-0.15, -0.1) is 0 Å². The Morgan fingerprint density at radius 2 is 1.71 bits per heavy atom. The summed E-state index contributed by atoms with van der Waals surface area (Å²) < 4.78 is 16.8. The molecule has 0 bridgehead atoms. The van der Waals surface area contributed by atoms with E-state index in [2.05, 4.69) is 46.1 Å². The van der Waals surface area contributed by atoms with Crippen molar-refractivity contribution < 1.29 is 9.13 Å². The molecule has 1 heterocycles. The summed E-state index contributed by atoms with van der Waals surface area (Å²) in [4.78, 5) is 0. The van der Waals surface area contributed by atoms with Crippen molar-refractivity contribution in [2.24, 2.45) is 0 Å². The third-order valence-electron chi connectivity index (χ3n) is 3.32. The van der Waals surface area contributed by atoms with E-state index in [-0.39, 0.29) is 10.7 Å². The first-order chi connectivity index (χ1) is 7.43. The second kappa shape index (κ2) is 4.28. The molecule has 0 fully saturated rings. The fourth-order valence-corrected chi connectivity index (χ4v) is 2.61. The fraction of sp³-hybridized carbons (Fsp3) is 0.769. The molecule has 0 aliphatic carbocycles. The number of nitrogens with zero attached hydrogens (tertiary/aromatic N) is 2. The van der Waals surface area contributed by atoms with Gasteiger partial charge in [-0.1, -0.05) is 20.8 Å². The Hall–Kier alpha value is -0.560. The lowest BCUT2D eigenvalue weighted by molar-refractivity contribution is -0.753. The van der Waals surface area contributed by atoms with Crippen molar-refractivity contribution in [2.45, 2.75) is 58.5 Å². The molecule has 0 aliphatic heterocycles. The van der Waals surface area contributed by atoms with E-state index in [9.17, 15) is 4.57 Å². The van der Waals surface area contributed by atoms with Crippen LogP contribution in [-0.4, -0.2) is 16.4 Å². The average molecular weight is 257 g/mol. The van der Waals surface area contributed by atoms with Gasteiger partial charge >= 0.3 is 0 Å². The average Bonchev–Trinajstić information content (AvgIpc) is 2.48. The molecule has 0 radical (unpaired) electrons. The van der Waals surface area contributed by atoms with Crippen LogP contribution in [0.4, 0.5) is 0 Å². The quantitative estimate of drug-likeness (QED) is 0.589. The van der Waals surface area contributed by atoms with Crippen LogP contribution in [0.25, 0.3) is 0 Å². The maximum absolute atomic E-state index is 12.6. The summed E-state index contributed by atoms with van der Waals surface area (Å²) in [7, 11) is -2.19. The smallest absolute Gasteiger partial charge is 0.244 e. The van der Waals surface area contributed by atoms with Gasteiger partial charge in [-0.3, -0.25) is 0 Å². The van der Waals surface area contributed by atoms with Crippen LogP contribution >= 0.6 is 7.14 Å². The summed E-state index contributed by atoms with van der Waals surface area (Å²) in [5, 5.41) is -0.135. The van der Waals surface area contributed by atoms with Crippen molar-refractivity contribution in [1.82, 2.24) is 4.57 Å². The first-order valence-corrected chi connectivity index (χ1v) is 8.41.